The Hall–Kier alpha value is -1.26. The summed E-state index contributed by atoms with van der Waals surface area (Å²) in [5, 5.41) is 3.44. The van der Waals surface area contributed by atoms with Crippen LogP contribution in [0, 0.1) is 0 Å². The highest BCUT2D eigenvalue weighted by atomic mass is 79.9. The zero-order chi connectivity index (χ0) is 13.8. The van der Waals surface area contributed by atoms with Gasteiger partial charge in [0.05, 0.1) is 5.02 Å². The molecule has 0 spiro atoms. The third-order valence-corrected chi connectivity index (χ3v) is 3.34. The van der Waals surface area contributed by atoms with Gasteiger partial charge in [0.25, 0.3) is 5.91 Å². The quantitative estimate of drug-likeness (QED) is 0.868. The fraction of sp³-hybridized carbons (Fsp3) is 0.214. The third-order valence-electron chi connectivity index (χ3n) is 2.64. The van der Waals surface area contributed by atoms with Gasteiger partial charge in [-0.2, -0.15) is 0 Å². The molecule has 0 atom stereocenters. The van der Waals surface area contributed by atoms with E-state index in [1.54, 1.807) is 12.3 Å². The molecule has 0 aliphatic carbocycles. The topological polar surface area (TPSA) is 34.0 Å². The van der Waals surface area contributed by atoms with Gasteiger partial charge in [0.1, 0.15) is 5.69 Å². The number of nitrogens with zero attached hydrogens (tertiary/aromatic N) is 1. The Morgan fingerprint density at radius 1 is 1.42 bits per heavy atom. The van der Waals surface area contributed by atoms with Crippen LogP contribution in [0.25, 0.3) is 0 Å². The van der Waals surface area contributed by atoms with Crippen molar-refractivity contribution in [3.63, 3.8) is 0 Å². The number of carbonyl (C=O) groups excluding carboxylic acids is 1. The van der Waals surface area contributed by atoms with Gasteiger partial charge in [-0.05, 0) is 30.7 Å². The maximum atomic E-state index is 12.2. The van der Waals surface area contributed by atoms with Crippen molar-refractivity contribution in [3.05, 3.63) is 51.7 Å². The number of aromatic nitrogens is 1. The number of anilines is 1. The Morgan fingerprint density at radius 3 is 2.89 bits per heavy atom. The van der Waals surface area contributed by atoms with Gasteiger partial charge in [-0.25, -0.2) is 0 Å². The number of carbonyl (C=O) groups is 1. The van der Waals surface area contributed by atoms with E-state index in [2.05, 4.69) is 28.2 Å². The van der Waals surface area contributed by atoms with E-state index >= 15 is 0 Å². The van der Waals surface area contributed by atoms with Gasteiger partial charge < -0.3 is 9.88 Å². The number of amides is 1. The Balaban J connectivity index is 2.20. The van der Waals surface area contributed by atoms with Crippen molar-refractivity contribution < 1.29 is 4.79 Å². The number of benzene rings is 1. The Kier molecular flexibility index (Phi) is 4.66. The van der Waals surface area contributed by atoms with Crippen LogP contribution in [0.1, 0.15) is 23.8 Å². The molecular weight excluding hydrogens is 328 g/mol. The molecule has 1 amide bonds. The Morgan fingerprint density at radius 2 is 2.21 bits per heavy atom. The van der Waals surface area contributed by atoms with Gasteiger partial charge in [0, 0.05) is 22.9 Å². The number of hydrogen-bond acceptors (Lipinski definition) is 1. The summed E-state index contributed by atoms with van der Waals surface area (Å²) >= 11 is 9.34. The van der Waals surface area contributed by atoms with Crippen LogP contribution < -0.4 is 5.32 Å². The monoisotopic (exact) mass is 340 g/mol. The molecule has 1 aromatic heterocycles. The molecule has 0 aliphatic rings. The van der Waals surface area contributed by atoms with E-state index in [9.17, 15) is 4.79 Å². The number of halogens is 2. The molecule has 3 nitrogen and oxygen atoms in total. The zero-order valence-corrected chi connectivity index (χ0v) is 12.8. The smallest absolute Gasteiger partial charge is 0.272 e. The van der Waals surface area contributed by atoms with Crippen LogP contribution in [-0.2, 0) is 6.54 Å². The van der Waals surface area contributed by atoms with E-state index in [0.29, 0.717) is 10.7 Å². The molecule has 1 N–H and O–H groups in total. The summed E-state index contributed by atoms with van der Waals surface area (Å²) in [5.41, 5.74) is 1.33. The summed E-state index contributed by atoms with van der Waals surface area (Å²) in [6.45, 7) is 2.83. The van der Waals surface area contributed by atoms with Gasteiger partial charge in [-0.1, -0.05) is 40.5 Å². The molecular formula is C14H14BrClN2O. The normalized spacial score (nSPS) is 10.5. The van der Waals surface area contributed by atoms with Crippen LogP contribution in [0.5, 0.6) is 0 Å². The van der Waals surface area contributed by atoms with Crippen molar-refractivity contribution in [2.75, 3.05) is 5.32 Å². The molecule has 5 heteroatoms. The first-order chi connectivity index (χ1) is 9.10. The van der Waals surface area contributed by atoms with Crippen molar-refractivity contribution in [1.82, 2.24) is 4.57 Å². The Labute approximate surface area is 125 Å². The predicted molar refractivity (Wildman–Crippen MR) is 81.8 cm³/mol. The van der Waals surface area contributed by atoms with Crippen molar-refractivity contribution in [2.24, 2.45) is 0 Å². The second kappa shape index (κ2) is 6.26. The molecule has 0 aliphatic heterocycles. The minimum absolute atomic E-state index is 0.154. The van der Waals surface area contributed by atoms with Crippen molar-refractivity contribution in [2.45, 2.75) is 19.9 Å². The largest absolute Gasteiger partial charge is 0.342 e. The van der Waals surface area contributed by atoms with Crippen molar-refractivity contribution >= 4 is 39.1 Å². The molecule has 2 rings (SSSR count). The minimum Gasteiger partial charge on any atom is -0.342 e. The van der Waals surface area contributed by atoms with Gasteiger partial charge in [-0.15, -0.1) is 0 Å². The SMILES string of the molecule is CCCn1cc(Cl)cc1C(=O)Nc1cccc(Br)c1. The zero-order valence-electron chi connectivity index (χ0n) is 10.5. The van der Waals surface area contributed by atoms with E-state index < -0.39 is 0 Å². The molecule has 0 bridgehead atoms. The molecule has 0 saturated carbocycles. The van der Waals surface area contributed by atoms with Crippen molar-refractivity contribution in [1.29, 1.82) is 0 Å². The van der Waals surface area contributed by atoms with Crippen LogP contribution in [0.15, 0.2) is 41.0 Å². The highest BCUT2D eigenvalue weighted by Crippen LogP contribution is 2.19. The summed E-state index contributed by atoms with van der Waals surface area (Å²) in [6.07, 6.45) is 2.73. The van der Waals surface area contributed by atoms with E-state index in [-0.39, 0.29) is 5.91 Å². The van der Waals surface area contributed by atoms with Gasteiger partial charge in [0.15, 0.2) is 0 Å². The van der Waals surface area contributed by atoms with Crippen LogP contribution in [0.3, 0.4) is 0 Å². The lowest BCUT2D eigenvalue weighted by Gasteiger charge is -2.08. The number of aryl methyl sites for hydroxylation is 1. The summed E-state index contributed by atoms with van der Waals surface area (Å²) in [5.74, 6) is -0.154. The fourth-order valence-electron chi connectivity index (χ4n) is 1.85. The van der Waals surface area contributed by atoms with Crippen LogP contribution >= 0.6 is 27.5 Å². The van der Waals surface area contributed by atoms with E-state index in [1.165, 1.54) is 0 Å². The molecule has 100 valence electrons. The first kappa shape index (κ1) is 14.2. The molecule has 0 saturated heterocycles. The summed E-state index contributed by atoms with van der Waals surface area (Å²) in [6, 6.07) is 9.17. The lowest BCUT2D eigenvalue weighted by molar-refractivity contribution is 0.101. The average molecular weight is 342 g/mol. The molecule has 1 aromatic carbocycles. The second-order valence-corrected chi connectivity index (χ2v) is 5.55. The summed E-state index contributed by atoms with van der Waals surface area (Å²) in [4.78, 5) is 12.2. The minimum atomic E-state index is -0.154. The number of rotatable bonds is 4. The molecule has 0 radical (unpaired) electrons. The Bertz CT molecular complexity index is 595. The molecule has 2 aromatic rings. The standard InChI is InChI=1S/C14H14BrClN2O/c1-2-6-18-9-11(16)8-13(18)14(19)17-12-5-3-4-10(15)7-12/h3-5,7-9H,2,6H2,1H3,(H,17,19). The predicted octanol–water partition coefficient (Wildman–Crippen LogP) is 4.57. The second-order valence-electron chi connectivity index (χ2n) is 4.20. The summed E-state index contributed by atoms with van der Waals surface area (Å²) < 4.78 is 2.79. The van der Waals surface area contributed by atoms with Crippen LogP contribution in [-0.4, -0.2) is 10.5 Å². The summed E-state index contributed by atoms with van der Waals surface area (Å²) in [7, 11) is 0. The average Bonchev–Trinajstić information content (AvgIpc) is 2.71. The fourth-order valence-corrected chi connectivity index (χ4v) is 2.47. The molecule has 0 fully saturated rings. The number of hydrogen-bond donors (Lipinski definition) is 1. The van der Waals surface area contributed by atoms with E-state index in [1.807, 2.05) is 28.8 Å². The van der Waals surface area contributed by atoms with E-state index in [4.69, 9.17) is 11.6 Å². The molecule has 0 unspecified atom stereocenters. The van der Waals surface area contributed by atoms with E-state index in [0.717, 1.165) is 23.1 Å². The molecule has 19 heavy (non-hydrogen) atoms. The maximum Gasteiger partial charge on any atom is 0.272 e. The van der Waals surface area contributed by atoms with Crippen LogP contribution in [0.2, 0.25) is 5.02 Å². The first-order valence-electron chi connectivity index (χ1n) is 6.02. The lowest BCUT2D eigenvalue weighted by Crippen LogP contribution is -2.16. The maximum absolute atomic E-state index is 12.2. The van der Waals surface area contributed by atoms with Gasteiger partial charge in [0.2, 0.25) is 0 Å². The third kappa shape index (κ3) is 3.61. The van der Waals surface area contributed by atoms with Crippen LogP contribution in [0.4, 0.5) is 5.69 Å². The lowest BCUT2D eigenvalue weighted by atomic mass is 10.3. The molecule has 1 heterocycles. The van der Waals surface area contributed by atoms with Crippen molar-refractivity contribution in [3.8, 4) is 0 Å². The first-order valence-corrected chi connectivity index (χ1v) is 7.20. The highest BCUT2D eigenvalue weighted by molar-refractivity contribution is 9.10. The van der Waals surface area contributed by atoms with Gasteiger partial charge >= 0.3 is 0 Å². The van der Waals surface area contributed by atoms with Gasteiger partial charge in [-0.3, -0.25) is 4.79 Å². The number of nitrogens with one attached hydrogen (secondary N) is 1. The highest BCUT2D eigenvalue weighted by Gasteiger charge is 2.13.